The van der Waals surface area contributed by atoms with Crippen LogP contribution >= 0.6 is 0 Å². The molecule has 0 fully saturated rings. The van der Waals surface area contributed by atoms with E-state index in [1.54, 1.807) is 59.3 Å². The fraction of sp³-hybridized carbons (Fsp3) is 0.238. The number of rotatable bonds is 7. The van der Waals surface area contributed by atoms with Crippen molar-refractivity contribution in [1.82, 2.24) is 9.55 Å². The summed E-state index contributed by atoms with van der Waals surface area (Å²) in [4.78, 5) is 16.6. The van der Waals surface area contributed by atoms with Crippen LogP contribution in [-0.4, -0.2) is 18.0 Å². The van der Waals surface area contributed by atoms with Crippen molar-refractivity contribution in [3.8, 4) is 11.6 Å². The smallest absolute Gasteiger partial charge is 0.313 e. The summed E-state index contributed by atoms with van der Waals surface area (Å²) in [7, 11) is -3.68. The summed E-state index contributed by atoms with van der Waals surface area (Å²) in [6, 6.07) is 12.9. The Kier molecular flexibility index (Phi) is 6.03. The van der Waals surface area contributed by atoms with Gasteiger partial charge in [0.05, 0.1) is 4.90 Å². The van der Waals surface area contributed by atoms with Crippen LogP contribution in [-0.2, 0) is 16.6 Å². The lowest BCUT2D eigenvalue weighted by atomic mass is 10.2. The predicted molar refractivity (Wildman–Crippen MR) is 112 cm³/mol. The summed E-state index contributed by atoms with van der Waals surface area (Å²) in [5.41, 5.74) is 1.05. The molecular weight excluding hydrogens is 390 g/mol. The number of benzene rings is 2. The Morgan fingerprint density at radius 3 is 2.34 bits per heavy atom. The highest BCUT2D eigenvalue weighted by Crippen LogP contribution is 2.22. The van der Waals surface area contributed by atoms with Crippen LogP contribution in [0.2, 0.25) is 0 Å². The van der Waals surface area contributed by atoms with E-state index in [-0.39, 0.29) is 16.3 Å². The van der Waals surface area contributed by atoms with Gasteiger partial charge < -0.3 is 9.30 Å². The highest BCUT2D eigenvalue weighted by atomic mass is 32.2. The molecule has 0 aliphatic rings. The molecule has 29 heavy (non-hydrogen) atoms. The van der Waals surface area contributed by atoms with E-state index in [1.807, 2.05) is 20.8 Å². The largest absolute Gasteiger partial charge is 0.435 e. The Labute approximate surface area is 170 Å². The molecule has 0 unspecified atom stereocenters. The lowest BCUT2D eigenvalue weighted by molar-refractivity contribution is 0.432. The molecule has 1 heterocycles. The number of nitrogens with zero attached hydrogens (tertiary/aromatic N) is 2. The fourth-order valence-electron chi connectivity index (χ4n) is 2.67. The van der Waals surface area contributed by atoms with Crippen molar-refractivity contribution in [2.45, 2.75) is 32.2 Å². The monoisotopic (exact) mass is 413 g/mol. The minimum atomic E-state index is -3.68. The third-order valence-electron chi connectivity index (χ3n) is 4.10. The number of aromatic nitrogens is 2. The van der Waals surface area contributed by atoms with Crippen LogP contribution in [0.1, 0.15) is 19.4 Å². The summed E-state index contributed by atoms with van der Waals surface area (Å²) < 4.78 is 34.6. The SMILES string of the molecule is Cc1ccc(S(=O)(=O)Nc2ccc(Oc3nccn(CC(C)C)c3=O)cc2)cc1. The first-order valence-corrected chi connectivity index (χ1v) is 10.7. The van der Waals surface area contributed by atoms with Crippen LogP contribution in [0, 0.1) is 12.8 Å². The molecule has 1 aromatic heterocycles. The molecule has 3 aromatic rings. The van der Waals surface area contributed by atoms with E-state index in [2.05, 4.69) is 9.71 Å². The van der Waals surface area contributed by atoms with Crippen LogP contribution in [0.4, 0.5) is 5.69 Å². The first-order valence-electron chi connectivity index (χ1n) is 9.17. The molecule has 152 valence electrons. The van der Waals surface area contributed by atoms with E-state index in [4.69, 9.17) is 4.74 Å². The van der Waals surface area contributed by atoms with Gasteiger partial charge in [0.1, 0.15) is 5.75 Å². The van der Waals surface area contributed by atoms with Gasteiger partial charge in [0.2, 0.25) is 0 Å². The topological polar surface area (TPSA) is 90.3 Å². The summed E-state index contributed by atoms with van der Waals surface area (Å²) in [6.07, 6.45) is 3.14. The highest BCUT2D eigenvalue weighted by molar-refractivity contribution is 7.92. The third kappa shape index (κ3) is 5.23. The average Bonchev–Trinajstić information content (AvgIpc) is 2.66. The van der Waals surface area contributed by atoms with Crippen LogP contribution in [0.3, 0.4) is 0 Å². The van der Waals surface area contributed by atoms with Gasteiger partial charge in [-0.15, -0.1) is 0 Å². The molecule has 3 rings (SSSR count). The number of anilines is 1. The van der Waals surface area contributed by atoms with E-state index >= 15 is 0 Å². The van der Waals surface area contributed by atoms with Crippen molar-refractivity contribution in [2.75, 3.05) is 4.72 Å². The van der Waals surface area contributed by atoms with Crippen molar-refractivity contribution in [3.05, 3.63) is 76.8 Å². The van der Waals surface area contributed by atoms with Gasteiger partial charge in [0.15, 0.2) is 0 Å². The van der Waals surface area contributed by atoms with Crippen LogP contribution in [0.15, 0.2) is 70.6 Å². The molecule has 0 atom stereocenters. The molecule has 0 amide bonds. The predicted octanol–water partition coefficient (Wildman–Crippen LogP) is 3.80. The van der Waals surface area contributed by atoms with E-state index < -0.39 is 10.0 Å². The van der Waals surface area contributed by atoms with Crippen LogP contribution in [0.5, 0.6) is 11.6 Å². The van der Waals surface area contributed by atoms with Gasteiger partial charge in [-0.2, -0.15) is 0 Å². The maximum atomic E-state index is 12.5. The maximum absolute atomic E-state index is 12.5. The van der Waals surface area contributed by atoms with E-state index in [9.17, 15) is 13.2 Å². The Bertz CT molecular complexity index is 1140. The quantitative estimate of drug-likeness (QED) is 0.636. The number of hydrogen-bond acceptors (Lipinski definition) is 5. The second-order valence-electron chi connectivity index (χ2n) is 7.13. The number of hydrogen-bond donors (Lipinski definition) is 1. The van der Waals surface area contributed by atoms with E-state index in [1.165, 1.54) is 6.20 Å². The Hall–Kier alpha value is -3.13. The first-order chi connectivity index (χ1) is 13.7. The Balaban J connectivity index is 1.74. The minimum absolute atomic E-state index is 0.0267. The van der Waals surface area contributed by atoms with Gasteiger partial charge in [-0.25, -0.2) is 13.4 Å². The minimum Gasteiger partial charge on any atom is -0.435 e. The summed E-state index contributed by atoms with van der Waals surface area (Å²) >= 11 is 0. The first kappa shape index (κ1) is 20.6. The van der Waals surface area contributed by atoms with Crippen molar-refractivity contribution < 1.29 is 13.2 Å². The Morgan fingerprint density at radius 2 is 1.72 bits per heavy atom. The third-order valence-corrected chi connectivity index (χ3v) is 5.49. The summed E-state index contributed by atoms with van der Waals surface area (Å²) in [6.45, 7) is 6.49. The summed E-state index contributed by atoms with van der Waals surface area (Å²) in [5, 5.41) is 0. The second kappa shape index (κ2) is 8.48. The van der Waals surface area contributed by atoms with Gasteiger partial charge in [0.25, 0.3) is 15.9 Å². The Morgan fingerprint density at radius 1 is 1.07 bits per heavy atom. The highest BCUT2D eigenvalue weighted by Gasteiger charge is 2.14. The number of nitrogens with one attached hydrogen (secondary N) is 1. The van der Waals surface area contributed by atoms with Crippen molar-refractivity contribution >= 4 is 15.7 Å². The molecule has 0 bridgehead atoms. The molecular formula is C21H23N3O4S. The van der Waals surface area contributed by atoms with Gasteiger partial charge >= 0.3 is 5.56 Å². The van der Waals surface area contributed by atoms with Crippen LogP contribution < -0.4 is 15.0 Å². The zero-order valence-electron chi connectivity index (χ0n) is 16.5. The number of ether oxygens (including phenoxy) is 1. The standard InChI is InChI=1S/C21H23N3O4S/c1-15(2)14-24-13-12-22-20(21(24)25)28-18-8-6-17(7-9-18)23-29(26,27)19-10-4-16(3)5-11-19/h4-13,15,23H,14H2,1-3H3. The van der Waals surface area contributed by atoms with Gasteiger partial charge in [-0.1, -0.05) is 31.5 Å². The molecule has 1 N–H and O–H groups in total. The zero-order valence-corrected chi connectivity index (χ0v) is 17.3. The zero-order chi connectivity index (χ0) is 21.0. The van der Waals surface area contributed by atoms with E-state index in [0.29, 0.717) is 23.9 Å². The molecule has 0 spiro atoms. The molecule has 0 aliphatic heterocycles. The molecule has 8 heteroatoms. The molecule has 0 saturated heterocycles. The summed E-state index contributed by atoms with van der Waals surface area (Å²) in [5.74, 6) is 0.667. The molecule has 0 radical (unpaired) electrons. The number of aryl methyl sites for hydroxylation is 1. The second-order valence-corrected chi connectivity index (χ2v) is 8.81. The normalized spacial score (nSPS) is 11.4. The molecule has 7 nitrogen and oxygen atoms in total. The average molecular weight is 413 g/mol. The maximum Gasteiger partial charge on any atom is 0.313 e. The van der Waals surface area contributed by atoms with Gasteiger partial charge in [-0.3, -0.25) is 9.52 Å². The van der Waals surface area contributed by atoms with Gasteiger partial charge in [-0.05, 0) is 49.2 Å². The number of sulfonamides is 1. The van der Waals surface area contributed by atoms with Gasteiger partial charge in [0, 0.05) is 24.6 Å². The van der Waals surface area contributed by atoms with E-state index in [0.717, 1.165) is 5.56 Å². The van der Waals surface area contributed by atoms with Crippen molar-refractivity contribution in [1.29, 1.82) is 0 Å². The van der Waals surface area contributed by atoms with Crippen molar-refractivity contribution in [2.24, 2.45) is 5.92 Å². The van der Waals surface area contributed by atoms with Crippen LogP contribution in [0.25, 0.3) is 0 Å². The fourth-order valence-corrected chi connectivity index (χ4v) is 3.73. The molecule has 0 saturated carbocycles. The lowest BCUT2D eigenvalue weighted by Gasteiger charge is -2.11. The van der Waals surface area contributed by atoms with Crippen molar-refractivity contribution in [3.63, 3.8) is 0 Å². The lowest BCUT2D eigenvalue weighted by Crippen LogP contribution is -2.23. The molecule has 2 aromatic carbocycles. The molecule has 0 aliphatic carbocycles.